The fraction of sp³-hybridized carbons (Fsp3) is 0.538. The Bertz CT molecular complexity index is 565. The van der Waals surface area contributed by atoms with Crippen LogP contribution in [0.5, 0.6) is 0 Å². The minimum atomic E-state index is -0.428. The molecule has 0 spiro atoms. The number of nitrogens with one attached hydrogen (secondary N) is 2. The number of hydrogen-bond donors (Lipinski definition) is 2. The summed E-state index contributed by atoms with van der Waals surface area (Å²) >= 11 is 3.03. The van der Waals surface area contributed by atoms with Crippen LogP contribution in [0.15, 0.2) is 10.7 Å². The third-order valence-electron chi connectivity index (χ3n) is 4.11. The van der Waals surface area contributed by atoms with E-state index in [9.17, 15) is 9.18 Å². The van der Waals surface area contributed by atoms with Crippen LogP contribution in [0.25, 0.3) is 0 Å². The van der Waals surface area contributed by atoms with Gasteiger partial charge in [0.25, 0.3) is 0 Å². The number of hydrogen-bond acceptors (Lipinski definition) is 3. The number of amides is 1. The zero-order chi connectivity index (χ0) is 13.8. The molecule has 2 heterocycles. The molecule has 0 radical (unpaired) electrons. The maximum absolute atomic E-state index is 13.3. The van der Waals surface area contributed by atoms with Crippen molar-refractivity contribution in [2.45, 2.75) is 38.8 Å². The number of carbonyl (C=O) groups is 1. The number of halogens is 2. The van der Waals surface area contributed by atoms with Gasteiger partial charge in [-0.25, -0.2) is 9.37 Å². The Labute approximate surface area is 119 Å². The fourth-order valence-corrected chi connectivity index (χ4v) is 3.01. The van der Waals surface area contributed by atoms with E-state index in [0.29, 0.717) is 17.4 Å². The number of carbonyl (C=O) groups excluding carboxylic acids is 1. The predicted octanol–water partition coefficient (Wildman–Crippen LogP) is 2.37. The molecule has 102 valence electrons. The van der Waals surface area contributed by atoms with E-state index in [-0.39, 0.29) is 22.0 Å². The fourth-order valence-electron chi connectivity index (χ4n) is 2.72. The second-order valence-electron chi connectivity index (χ2n) is 5.75. The molecule has 3 atom stereocenters. The van der Waals surface area contributed by atoms with E-state index in [1.807, 2.05) is 0 Å². The zero-order valence-electron chi connectivity index (χ0n) is 10.8. The van der Waals surface area contributed by atoms with E-state index in [2.05, 4.69) is 38.5 Å². The average Bonchev–Trinajstić information content (AvgIpc) is 2.84. The number of aromatic nitrogens is 1. The van der Waals surface area contributed by atoms with Crippen LogP contribution in [0, 0.1) is 18.2 Å². The third-order valence-corrected chi connectivity index (χ3v) is 4.66. The van der Waals surface area contributed by atoms with Gasteiger partial charge in [-0.2, -0.15) is 0 Å². The van der Waals surface area contributed by atoms with Crippen LogP contribution in [0.3, 0.4) is 0 Å². The summed E-state index contributed by atoms with van der Waals surface area (Å²) in [4.78, 5) is 16.2. The number of fused-ring (bicyclic) bond motifs is 1. The van der Waals surface area contributed by atoms with Gasteiger partial charge in [-0.05, 0) is 52.7 Å². The lowest BCUT2D eigenvalue weighted by Gasteiger charge is -2.15. The largest absolute Gasteiger partial charge is 0.309 e. The van der Waals surface area contributed by atoms with Gasteiger partial charge in [0, 0.05) is 6.04 Å². The van der Waals surface area contributed by atoms with Crippen LogP contribution in [0.1, 0.15) is 25.3 Å². The lowest BCUT2D eigenvalue weighted by Crippen LogP contribution is -2.38. The highest BCUT2D eigenvalue weighted by molar-refractivity contribution is 9.10. The Morgan fingerprint density at radius 3 is 3.00 bits per heavy atom. The molecule has 0 bridgehead atoms. The van der Waals surface area contributed by atoms with Crippen molar-refractivity contribution in [3.63, 3.8) is 0 Å². The van der Waals surface area contributed by atoms with E-state index >= 15 is 0 Å². The first-order valence-electron chi connectivity index (χ1n) is 6.28. The number of anilines is 1. The van der Waals surface area contributed by atoms with Crippen LogP contribution >= 0.6 is 15.9 Å². The zero-order valence-corrected chi connectivity index (χ0v) is 12.3. The van der Waals surface area contributed by atoms with E-state index in [1.54, 1.807) is 6.92 Å². The van der Waals surface area contributed by atoms with Crippen molar-refractivity contribution < 1.29 is 9.18 Å². The van der Waals surface area contributed by atoms with Crippen molar-refractivity contribution >= 4 is 27.7 Å². The molecule has 1 amide bonds. The van der Waals surface area contributed by atoms with Gasteiger partial charge in [-0.1, -0.05) is 6.92 Å². The Balaban J connectivity index is 1.72. The van der Waals surface area contributed by atoms with E-state index in [0.717, 1.165) is 12.8 Å². The molecule has 6 heteroatoms. The summed E-state index contributed by atoms with van der Waals surface area (Å²) in [6.45, 7) is 3.91. The number of pyridine rings is 1. The van der Waals surface area contributed by atoms with Gasteiger partial charge in [0.15, 0.2) is 5.82 Å². The molecule has 1 aromatic heterocycles. The summed E-state index contributed by atoms with van der Waals surface area (Å²) in [6, 6.07) is 1.65. The van der Waals surface area contributed by atoms with Gasteiger partial charge in [0.1, 0.15) is 10.4 Å². The minimum Gasteiger partial charge on any atom is -0.309 e. The van der Waals surface area contributed by atoms with Crippen LogP contribution < -0.4 is 10.6 Å². The highest BCUT2D eigenvalue weighted by Gasteiger charge is 2.58. The summed E-state index contributed by atoms with van der Waals surface area (Å²) in [7, 11) is 0. The lowest BCUT2D eigenvalue weighted by atomic mass is 10.0. The van der Waals surface area contributed by atoms with Crippen molar-refractivity contribution in [3.05, 3.63) is 22.1 Å². The van der Waals surface area contributed by atoms with Crippen molar-refractivity contribution in [3.8, 4) is 0 Å². The smallest absolute Gasteiger partial charge is 0.242 e. The number of nitrogens with zero attached hydrogens (tertiary/aromatic N) is 1. The molecular formula is C13H15BrFN3O. The molecular weight excluding hydrogens is 313 g/mol. The topological polar surface area (TPSA) is 54.0 Å². The molecule has 4 nitrogen and oxygen atoms in total. The monoisotopic (exact) mass is 327 g/mol. The van der Waals surface area contributed by atoms with E-state index in [4.69, 9.17) is 0 Å². The summed E-state index contributed by atoms with van der Waals surface area (Å²) in [5.74, 6) is -0.114. The van der Waals surface area contributed by atoms with E-state index in [1.165, 1.54) is 6.07 Å². The van der Waals surface area contributed by atoms with Gasteiger partial charge in [0.05, 0.1) is 6.04 Å². The minimum absolute atomic E-state index is 0.0949. The van der Waals surface area contributed by atoms with Crippen molar-refractivity contribution in [2.24, 2.45) is 5.41 Å². The summed E-state index contributed by atoms with van der Waals surface area (Å²) in [6.07, 6.45) is 2.00. The highest BCUT2D eigenvalue weighted by Crippen LogP contribution is 2.53. The van der Waals surface area contributed by atoms with Gasteiger partial charge >= 0.3 is 0 Å². The first-order chi connectivity index (χ1) is 8.89. The highest BCUT2D eigenvalue weighted by atomic mass is 79.9. The second-order valence-corrected chi connectivity index (χ2v) is 6.50. The molecule has 1 saturated heterocycles. The van der Waals surface area contributed by atoms with Gasteiger partial charge in [-0.15, -0.1) is 0 Å². The Morgan fingerprint density at radius 1 is 1.63 bits per heavy atom. The maximum Gasteiger partial charge on any atom is 0.242 e. The quantitative estimate of drug-likeness (QED) is 0.820. The van der Waals surface area contributed by atoms with E-state index < -0.39 is 5.82 Å². The number of aryl methyl sites for hydroxylation is 1. The number of rotatable bonds is 2. The molecule has 19 heavy (non-hydrogen) atoms. The van der Waals surface area contributed by atoms with Gasteiger partial charge < -0.3 is 10.6 Å². The molecule has 2 N–H and O–H groups in total. The van der Waals surface area contributed by atoms with Crippen LogP contribution in [-0.2, 0) is 4.79 Å². The van der Waals surface area contributed by atoms with Gasteiger partial charge in [-0.3, -0.25) is 4.79 Å². The average molecular weight is 328 g/mol. The van der Waals surface area contributed by atoms with Gasteiger partial charge in [0.2, 0.25) is 5.91 Å². The Morgan fingerprint density at radius 2 is 2.37 bits per heavy atom. The molecule has 1 saturated carbocycles. The maximum atomic E-state index is 13.3. The first kappa shape index (κ1) is 13.0. The standard InChI is InChI=1S/C13H15BrFN3O/c1-6-3-7(15)10(14)17-11(6)18-12(19)8-4-13(2)5-9(13)16-8/h3,8-9,16H,4-5H2,1-2H3,(H,17,18,19). The van der Waals surface area contributed by atoms with Crippen LogP contribution in [0.4, 0.5) is 10.2 Å². The molecule has 1 aliphatic heterocycles. The van der Waals surface area contributed by atoms with Crippen LogP contribution in [0.2, 0.25) is 0 Å². The summed E-state index contributed by atoms with van der Waals surface area (Å²) < 4.78 is 13.4. The Hall–Kier alpha value is -1.01. The van der Waals surface area contributed by atoms with Crippen molar-refractivity contribution in [1.82, 2.24) is 10.3 Å². The number of piperidine rings is 1. The Kier molecular flexibility index (Phi) is 2.90. The SMILES string of the molecule is Cc1cc(F)c(Br)nc1NC(=O)C1CC2(C)CC2N1. The molecule has 3 rings (SSSR count). The molecule has 3 unspecified atom stereocenters. The van der Waals surface area contributed by atoms with Crippen molar-refractivity contribution in [1.29, 1.82) is 0 Å². The predicted molar refractivity (Wildman–Crippen MR) is 73.3 cm³/mol. The summed E-state index contributed by atoms with van der Waals surface area (Å²) in [5.41, 5.74) is 0.900. The van der Waals surface area contributed by atoms with Crippen LogP contribution in [-0.4, -0.2) is 23.0 Å². The summed E-state index contributed by atoms with van der Waals surface area (Å²) in [5, 5.41) is 6.08. The normalized spacial score (nSPS) is 32.0. The molecule has 0 aromatic carbocycles. The van der Waals surface area contributed by atoms with Crippen molar-refractivity contribution in [2.75, 3.05) is 5.32 Å². The molecule has 2 fully saturated rings. The molecule has 1 aliphatic carbocycles. The third kappa shape index (κ3) is 2.27. The second kappa shape index (κ2) is 4.24. The lowest BCUT2D eigenvalue weighted by molar-refractivity contribution is -0.118. The first-order valence-corrected chi connectivity index (χ1v) is 7.08. The molecule has 1 aromatic rings. The molecule has 2 aliphatic rings.